The van der Waals surface area contributed by atoms with Crippen LogP contribution in [0.5, 0.6) is 0 Å². The van der Waals surface area contributed by atoms with Crippen LogP contribution in [-0.4, -0.2) is 34.8 Å². The quantitative estimate of drug-likeness (QED) is 0.825. The minimum Gasteiger partial charge on any atom is -0.325 e. The Hall–Kier alpha value is -2.37. The Morgan fingerprint density at radius 1 is 1.28 bits per heavy atom. The van der Waals surface area contributed by atoms with Gasteiger partial charge in [0.1, 0.15) is 12.1 Å². The average Bonchev–Trinajstić information content (AvgIpc) is 2.83. The molecule has 1 aliphatic carbocycles. The molecule has 0 radical (unpaired) electrons. The first-order valence-corrected chi connectivity index (χ1v) is 8.99. The maximum atomic E-state index is 12.8. The molecule has 1 spiro atoms. The number of anilines is 1. The van der Waals surface area contributed by atoms with Gasteiger partial charge in [0.25, 0.3) is 5.91 Å². The summed E-state index contributed by atoms with van der Waals surface area (Å²) in [6.45, 7) is 3.80. The summed E-state index contributed by atoms with van der Waals surface area (Å²) in [5, 5.41) is 5.61. The molecular weight excluding hydrogens is 318 g/mol. The van der Waals surface area contributed by atoms with Gasteiger partial charge in [-0.05, 0) is 42.9 Å². The van der Waals surface area contributed by atoms with Gasteiger partial charge in [0.05, 0.1) is 0 Å². The van der Waals surface area contributed by atoms with Gasteiger partial charge in [0.15, 0.2) is 0 Å². The van der Waals surface area contributed by atoms with Gasteiger partial charge in [-0.2, -0.15) is 0 Å². The molecule has 1 heterocycles. The molecule has 6 nitrogen and oxygen atoms in total. The van der Waals surface area contributed by atoms with Gasteiger partial charge < -0.3 is 10.6 Å². The first-order chi connectivity index (χ1) is 12.0. The summed E-state index contributed by atoms with van der Waals surface area (Å²) in [6, 6.07) is 7.08. The number of rotatable bonds is 4. The zero-order valence-electron chi connectivity index (χ0n) is 14.8. The second-order valence-electron chi connectivity index (χ2n) is 7.04. The largest absolute Gasteiger partial charge is 0.325 e. The highest BCUT2D eigenvalue weighted by Gasteiger charge is 2.55. The number of nitrogens with zero attached hydrogens (tertiary/aromatic N) is 1. The lowest BCUT2D eigenvalue weighted by Gasteiger charge is -2.36. The van der Waals surface area contributed by atoms with Crippen LogP contribution in [0.15, 0.2) is 24.3 Å². The summed E-state index contributed by atoms with van der Waals surface area (Å²) in [6.07, 6.45) is 4.47. The number of carbonyl (C=O) groups excluding carboxylic acids is 3. The predicted octanol–water partition coefficient (Wildman–Crippen LogP) is 2.69. The minimum absolute atomic E-state index is 0.0901. The normalized spacial score (nSPS) is 26.0. The maximum absolute atomic E-state index is 12.8. The van der Waals surface area contributed by atoms with E-state index in [4.69, 9.17) is 0 Å². The van der Waals surface area contributed by atoms with E-state index in [-0.39, 0.29) is 24.3 Å². The number of urea groups is 1. The molecule has 0 bridgehead atoms. The van der Waals surface area contributed by atoms with Crippen LogP contribution in [0.3, 0.4) is 0 Å². The summed E-state index contributed by atoms with van der Waals surface area (Å²) in [5.74, 6) is -0.540. The number of benzene rings is 1. The number of hydrogen-bond donors (Lipinski definition) is 2. The fourth-order valence-corrected chi connectivity index (χ4v) is 3.81. The van der Waals surface area contributed by atoms with E-state index in [1.54, 1.807) is 0 Å². The third kappa shape index (κ3) is 3.25. The SMILES string of the molecule is CCc1ccc(NC(=O)CN2C(=O)N[C@@]3(CCCC[C@@H]3C)C2=O)cc1. The summed E-state index contributed by atoms with van der Waals surface area (Å²) in [4.78, 5) is 38.5. The van der Waals surface area contributed by atoms with Crippen molar-refractivity contribution in [3.63, 3.8) is 0 Å². The highest BCUT2D eigenvalue weighted by Crippen LogP contribution is 2.38. The first-order valence-electron chi connectivity index (χ1n) is 8.99. The Morgan fingerprint density at radius 2 is 2.00 bits per heavy atom. The topological polar surface area (TPSA) is 78.5 Å². The zero-order chi connectivity index (χ0) is 18.0. The van der Waals surface area contributed by atoms with E-state index in [1.807, 2.05) is 31.2 Å². The fraction of sp³-hybridized carbons (Fsp3) is 0.526. The van der Waals surface area contributed by atoms with E-state index in [2.05, 4.69) is 17.6 Å². The Kier molecular flexibility index (Phi) is 4.79. The van der Waals surface area contributed by atoms with Crippen molar-refractivity contribution in [3.05, 3.63) is 29.8 Å². The van der Waals surface area contributed by atoms with Crippen molar-refractivity contribution in [1.82, 2.24) is 10.2 Å². The monoisotopic (exact) mass is 343 g/mol. The second-order valence-corrected chi connectivity index (χ2v) is 7.04. The van der Waals surface area contributed by atoms with Crippen LogP contribution >= 0.6 is 0 Å². The number of hydrogen-bond acceptors (Lipinski definition) is 3. The van der Waals surface area contributed by atoms with Crippen LogP contribution in [0.1, 0.15) is 45.1 Å². The summed E-state index contributed by atoms with van der Waals surface area (Å²) in [7, 11) is 0. The van der Waals surface area contributed by atoms with Gasteiger partial charge in [0.2, 0.25) is 5.91 Å². The third-order valence-electron chi connectivity index (χ3n) is 5.45. The third-order valence-corrected chi connectivity index (χ3v) is 5.45. The molecule has 0 unspecified atom stereocenters. The van der Waals surface area contributed by atoms with E-state index < -0.39 is 11.6 Å². The lowest BCUT2D eigenvalue weighted by atomic mass is 9.73. The second kappa shape index (κ2) is 6.86. The molecule has 0 aromatic heterocycles. The van der Waals surface area contributed by atoms with Crippen molar-refractivity contribution in [1.29, 1.82) is 0 Å². The summed E-state index contributed by atoms with van der Waals surface area (Å²) < 4.78 is 0. The van der Waals surface area contributed by atoms with Crippen molar-refractivity contribution in [2.75, 3.05) is 11.9 Å². The smallest absolute Gasteiger partial charge is 0.325 e. The number of carbonyl (C=O) groups is 3. The Morgan fingerprint density at radius 3 is 2.64 bits per heavy atom. The number of aryl methyl sites for hydroxylation is 1. The predicted molar refractivity (Wildman–Crippen MR) is 95.1 cm³/mol. The van der Waals surface area contributed by atoms with Crippen molar-refractivity contribution in [3.8, 4) is 0 Å². The van der Waals surface area contributed by atoms with E-state index in [0.717, 1.165) is 30.6 Å². The average molecular weight is 343 g/mol. The Labute approximate surface area is 148 Å². The highest BCUT2D eigenvalue weighted by atomic mass is 16.2. The van der Waals surface area contributed by atoms with Gasteiger partial charge in [-0.15, -0.1) is 0 Å². The van der Waals surface area contributed by atoms with Gasteiger partial charge in [0, 0.05) is 5.69 Å². The van der Waals surface area contributed by atoms with Gasteiger partial charge in [-0.3, -0.25) is 14.5 Å². The van der Waals surface area contributed by atoms with Crippen LogP contribution in [0, 0.1) is 5.92 Å². The molecular formula is C19H25N3O3. The number of nitrogens with one attached hydrogen (secondary N) is 2. The molecule has 1 aliphatic heterocycles. The number of amides is 4. The van der Waals surface area contributed by atoms with Crippen LogP contribution in [0.25, 0.3) is 0 Å². The van der Waals surface area contributed by atoms with E-state index in [1.165, 1.54) is 5.56 Å². The summed E-state index contributed by atoms with van der Waals surface area (Å²) in [5.41, 5.74) is 1.02. The molecule has 25 heavy (non-hydrogen) atoms. The van der Waals surface area contributed by atoms with Crippen molar-refractivity contribution < 1.29 is 14.4 Å². The van der Waals surface area contributed by atoms with Crippen molar-refractivity contribution in [2.24, 2.45) is 5.92 Å². The number of imide groups is 1. The van der Waals surface area contributed by atoms with E-state index in [9.17, 15) is 14.4 Å². The molecule has 2 fully saturated rings. The first kappa shape index (κ1) is 17.5. The van der Waals surface area contributed by atoms with Crippen LogP contribution in [-0.2, 0) is 16.0 Å². The molecule has 2 N–H and O–H groups in total. The molecule has 3 rings (SSSR count). The molecule has 1 saturated carbocycles. The molecule has 2 aliphatic rings. The van der Waals surface area contributed by atoms with Gasteiger partial charge >= 0.3 is 6.03 Å². The maximum Gasteiger partial charge on any atom is 0.325 e. The molecule has 4 amide bonds. The van der Waals surface area contributed by atoms with Gasteiger partial charge in [-0.25, -0.2) is 4.79 Å². The molecule has 6 heteroatoms. The van der Waals surface area contributed by atoms with Crippen LogP contribution in [0.4, 0.5) is 10.5 Å². The summed E-state index contributed by atoms with van der Waals surface area (Å²) >= 11 is 0. The van der Waals surface area contributed by atoms with Gasteiger partial charge in [-0.1, -0.05) is 38.8 Å². The Balaban J connectivity index is 1.66. The molecule has 134 valence electrons. The fourth-order valence-electron chi connectivity index (χ4n) is 3.81. The van der Waals surface area contributed by atoms with Crippen molar-refractivity contribution >= 4 is 23.5 Å². The highest BCUT2D eigenvalue weighted by molar-refractivity contribution is 6.10. The van der Waals surface area contributed by atoms with Crippen LogP contribution in [0.2, 0.25) is 0 Å². The molecule has 2 atom stereocenters. The zero-order valence-corrected chi connectivity index (χ0v) is 14.8. The standard InChI is InChI=1S/C19H25N3O3/c1-3-14-7-9-15(10-8-14)20-16(23)12-22-17(24)19(21-18(22)25)11-5-4-6-13(19)2/h7-10,13H,3-6,11-12H2,1-2H3,(H,20,23)(H,21,25)/t13-,19+/m0/s1. The lowest BCUT2D eigenvalue weighted by Crippen LogP contribution is -2.54. The van der Waals surface area contributed by atoms with Crippen molar-refractivity contribution in [2.45, 2.75) is 51.5 Å². The van der Waals surface area contributed by atoms with E-state index in [0.29, 0.717) is 12.1 Å². The van der Waals surface area contributed by atoms with Crippen LogP contribution < -0.4 is 10.6 Å². The molecule has 1 saturated heterocycles. The van der Waals surface area contributed by atoms with E-state index >= 15 is 0 Å². The Bertz CT molecular complexity index is 686. The lowest BCUT2D eigenvalue weighted by molar-refractivity contribution is -0.136. The minimum atomic E-state index is -0.821. The molecule has 1 aromatic carbocycles. The molecule has 1 aromatic rings.